The highest BCUT2D eigenvalue weighted by Crippen LogP contribution is 2.34. The van der Waals surface area contributed by atoms with Crippen LogP contribution < -0.4 is 15.8 Å². The fraction of sp³-hybridized carbons (Fsp3) is 0.263. The molecule has 3 heterocycles. The Morgan fingerprint density at radius 2 is 2.19 bits per heavy atom. The Labute approximate surface area is 156 Å². The van der Waals surface area contributed by atoms with E-state index in [4.69, 9.17) is 10.5 Å². The molecule has 0 saturated heterocycles. The topological polar surface area (TPSA) is 102 Å². The number of ether oxygens (including phenoxy) is 1. The van der Waals surface area contributed by atoms with Crippen LogP contribution in [0.2, 0.25) is 0 Å². The molecule has 3 rings (SSSR count). The summed E-state index contributed by atoms with van der Waals surface area (Å²) in [5.41, 5.74) is 6.76. The smallest absolute Gasteiger partial charge is 0.261 e. The second-order valence-electron chi connectivity index (χ2n) is 6.70. The summed E-state index contributed by atoms with van der Waals surface area (Å²) in [5.74, 6) is -1.04. The molecule has 0 aliphatic carbocycles. The van der Waals surface area contributed by atoms with Crippen LogP contribution >= 0.6 is 0 Å². The number of allylic oxidation sites excluding steroid dienone is 1. The van der Waals surface area contributed by atoms with Crippen molar-refractivity contribution in [3.8, 4) is 5.88 Å². The minimum absolute atomic E-state index is 0.160. The number of halogens is 1. The van der Waals surface area contributed by atoms with Crippen molar-refractivity contribution in [2.24, 2.45) is 10.7 Å². The number of amides is 1. The second kappa shape index (κ2) is 7.14. The number of hydrogen-bond donors (Lipinski definition) is 2. The molecule has 0 saturated carbocycles. The molecule has 140 valence electrons. The highest BCUT2D eigenvalue weighted by molar-refractivity contribution is 6.09. The van der Waals surface area contributed by atoms with Gasteiger partial charge in [0.15, 0.2) is 0 Å². The van der Waals surface area contributed by atoms with Gasteiger partial charge in [-0.2, -0.15) is 9.37 Å². The average Bonchev–Trinajstić information content (AvgIpc) is 2.91. The van der Waals surface area contributed by atoms with Gasteiger partial charge in [0, 0.05) is 37.0 Å². The van der Waals surface area contributed by atoms with E-state index in [9.17, 15) is 9.18 Å². The molecule has 0 atom stereocenters. The number of carbonyl (C=O) groups excluding carboxylic acids is 1. The first-order valence-electron chi connectivity index (χ1n) is 8.34. The number of nitrogens with one attached hydrogen (secondary N) is 1. The van der Waals surface area contributed by atoms with Gasteiger partial charge in [-0.05, 0) is 32.0 Å². The van der Waals surface area contributed by atoms with Crippen LogP contribution in [0.5, 0.6) is 5.88 Å². The van der Waals surface area contributed by atoms with Gasteiger partial charge in [0.2, 0.25) is 11.8 Å². The number of rotatable bonds is 4. The molecule has 0 unspecified atom stereocenters. The largest absolute Gasteiger partial charge is 0.471 e. The zero-order valence-electron chi connectivity index (χ0n) is 15.3. The number of aliphatic imine (C=N–C) groups is 1. The highest BCUT2D eigenvalue weighted by Gasteiger charge is 2.33. The summed E-state index contributed by atoms with van der Waals surface area (Å²) in [6.45, 7) is 3.76. The normalized spacial score (nSPS) is 15.5. The Hall–Kier alpha value is -3.29. The van der Waals surface area contributed by atoms with Crippen molar-refractivity contribution in [2.75, 3.05) is 12.4 Å². The van der Waals surface area contributed by atoms with Crippen LogP contribution in [-0.4, -0.2) is 34.7 Å². The molecular weight excluding hydrogens is 349 g/mol. The summed E-state index contributed by atoms with van der Waals surface area (Å²) in [7, 11) is 1.61. The third-order valence-corrected chi connectivity index (χ3v) is 3.98. The van der Waals surface area contributed by atoms with Crippen LogP contribution in [0.15, 0.2) is 35.5 Å². The molecule has 7 nitrogen and oxygen atoms in total. The van der Waals surface area contributed by atoms with Crippen LogP contribution in [0.25, 0.3) is 5.57 Å². The van der Waals surface area contributed by atoms with Crippen LogP contribution in [0, 0.1) is 5.95 Å². The van der Waals surface area contributed by atoms with Gasteiger partial charge in [0.1, 0.15) is 11.4 Å². The molecule has 2 aromatic heterocycles. The van der Waals surface area contributed by atoms with E-state index >= 15 is 0 Å². The molecule has 1 aliphatic rings. The molecule has 1 amide bonds. The predicted molar refractivity (Wildman–Crippen MR) is 101 cm³/mol. The van der Waals surface area contributed by atoms with Crippen LogP contribution in [0.1, 0.15) is 35.5 Å². The molecule has 0 bridgehead atoms. The van der Waals surface area contributed by atoms with Crippen LogP contribution in [0.4, 0.5) is 10.2 Å². The maximum atomic E-state index is 14.3. The first-order valence-corrected chi connectivity index (χ1v) is 8.34. The number of carbonyl (C=O) groups is 1. The summed E-state index contributed by atoms with van der Waals surface area (Å²) in [6, 6.07) is 6.51. The Balaban J connectivity index is 1.85. The molecule has 0 spiro atoms. The summed E-state index contributed by atoms with van der Waals surface area (Å²) >= 11 is 0. The van der Waals surface area contributed by atoms with Crippen molar-refractivity contribution in [3.63, 3.8) is 0 Å². The van der Waals surface area contributed by atoms with Gasteiger partial charge in [-0.3, -0.25) is 9.79 Å². The first-order chi connectivity index (χ1) is 12.8. The van der Waals surface area contributed by atoms with Gasteiger partial charge >= 0.3 is 0 Å². The average molecular weight is 369 g/mol. The molecule has 2 aromatic rings. The Morgan fingerprint density at radius 3 is 2.89 bits per heavy atom. The van der Waals surface area contributed by atoms with Crippen LogP contribution in [0.3, 0.4) is 0 Å². The van der Waals surface area contributed by atoms with Crippen molar-refractivity contribution in [1.82, 2.24) is 9.97 Å². The van der Waals surface area contributed by atoms with E-state index in [1.54, 1.807) is 31.5 Å². The quantitative estimate of drug-likeness (QED) is 0.637. The monoisotopic (exact) mass is 369 g/mol. The summed E-state index contributed by atoms with van der Waals surface area (Å²) in [4.78, 5) is 24.5. The fourth-order valence-corrected chi connectivity index (χ4v) is 2.83. The lowest BCUT2D eigenvalue weighted by Gasteiger charge is -2.15. The van der Waals surface area contributed by atoms with Gasteiger partial charge in [-0.25, -0.2) is 4.98 Å². The Morgan fingerprint density at radius 1 is 1.41 bits per heavy atom. The first kappa shape index (κ1) is 18.5. The third kappa shape index (κ3) is 3.94. The van der Waals surface area contributed by atoms with E-state index in [1.165, 1.54) is 12.3 Å². The van der Waals surface area contributed by atoms with E-state index in [0.717, 1.165) is 0 Å². The summed E-state index contributed by atoms with van der Waals surface area (Å²) in [6.07, 6.45) is 3.47. The lowest BCUT2D eigenvalue weighted by molar-refractivity contribution is 0.102. The SMILES string of the molecule is CN=C/C(=C\N)c1cccc(NC(=O)c2cc3c(nc2F)OC(C)(C)C3)n1. The van der Waals surface area contributed by atoms with Gasteiger partial charge < -0.3 is 15.8 Å². The number of pyridine rings is 2. The van der Waals surface area contributed by atoms with Crippen molar-refractivity contribution < 1.29 is 13.9 Å². The highest BCUT2D eigenvalue weighted by atomic mass is 19.1. The number of nitrogens with zero attached hydrogens (tertiary/aromatic N) is 3. The van der Waals surface area contributed by atoms with E-state index in [-0.39, 0.29) is 17.3 Å². The van der Waals surface area contributed by atoms with Crippen LogP contribution in [-0.2, 0) is 6.42 Å². The van der Waals surface area contributed by atoms with E-state index in [2.05, 4.69) is 20.3 Å². The number of hydrogen-bond acceptors (Lipinski definition) is 6. The second-order valence-corrected chi connectivity index (χ2v) is 6.70. The zero-order valence-corrected chi connectivity index (χ0v) is 15.3. The minimum Gasteiger partial charge on any atom is -0.471 e. The molecular formula is C19H20FN5O2. The predicted octanol–water partition coefficient (Wildman–Crippen LogP) is 2.58. The van der Waals surface area contributed by atoms with E-state index in [1.807, 2.05) is 13.8 Å². The number of anilines is 1. The lowest BCUT2D eigenvalue weighted by atomic mass is 10.0. The maximum Gasteiger partial charge on any atom is 0.261 e. The molecule has 0 fully saturated rings. The van der Waals surface area contributed by atoms with Crippen molar-refractivity contribution in [2.45, 2.75) is 25.9 Å². The fourth-order valence-electron chi connectivity index (χ4n) is 2.83. The third-order valence-electron chi connectivity index (χ3n) is 3.98. The van der Waals surface area contributed by atoms with Crippen molar-refractivity contribution in [1.29, 1.82) is 0 Å². The van der Waals surface area contributed by atoms with Gasteiger partial charge in [0.05, 0.1) is 11.3 Å². The molecule has 1 aliphatic heterocycles. The van der Waals surface area contributed by atoms with Crippen molar-refractivity contribution >= 4 is 23.5 Å². The Kier molecular flexibility index (Phi) is 4.89. The Bertz CT molecular complexity index is 953. The zero-order chi connectivity index (χ0) is 19.6. The minimum atomic E-state index is -0.888. The van der Waals surface area contributed by atoms with Gasteiger partial charge in [0.25, 0.3) is 5.91 Å². The molecule has 8 heteroatoms. The van der Waals surface area contributed by atoms with Gasteiger partial charge in [-0.1, -0.05) is 6.07 Å². The standard InChI is InChI=1S/C19H20FN5O2/c1-19(2)8-11-7-13(16(20)25-18(11)27-19)17(26)24-15-6-4-5-14(23-15)12(9-21)10-22-3/h4-7,9-10H,8,21H2,1-3H3,(H,23,24,26)/b12-9+,22-10?. The summed E-state index contributed by atoms with van der Waals surface area (Å²) in [5, 5.41) is 2.59. The maximum absolute atomic E-state index is 14.3. The molecule has 27 heavy (non-hydrogen) atoms. The number of nitrogens with two attached hydrogens (primary N) is 1. The number of fused-ring (bicyclic) bond motifs is 1. The molecule has 0 aromatic carbocycles. The van der Waals surface area contributed by atoms with Crippen molar-refractivity contribution in [3.05, 3.63) is 53.2 Å². The summed E-state index contributed by atoms with van der Waals surface area (Å²) < 4.78 is 19.9. The lowest BCUT2D eigenvalue weighted by Crippen LogP contribution is -2.24. The number of aromatic nitrogens is 2. The van der Waals surface area contributed by atoms with Gasteiger partial charge in [-0.15, -0.1) is 0 Å². The molecule has 3 N–H and O–H groups in total. The van der Waals surface area contributed by atoms with E-state index in [0.29, 0.717) is 23.3 Å². The van der Waals surface area contributed by atoms with E-state index < -0.39 is 17.5 Å². The molecule has 0 radical (unpaired) electrons.